The van der Waals surface area contributed by atoms with Crippen molar-refractivity contribution in [3.05, 3.63) is 24.2 Å². The summed E-state index contributed by atoms with van der Waals surface area (Å²) >= 11 is 0. The average molecular weight is 194 g/mol. The van der Waals surface area contributed by atoms with Gasteiger partial charge in [0.1, 0.15) is 0 Å². The lowest BCUT2D eigenvalue weighted by atomic mass is 9.85. The lowest BCUT2D eigenvalue weighted by Crippen LogP contribution is -2.28. The Morgan fingerprint density at radius 3 is 2.64 bits per heavy atom. The summed E-state index contributed by atoms with van der Waals surface area (Å²) in [7, 11) is 0. The molecule has 2 rings (SSSR count). The molecule has 1 fully saturated rings. The molecule has 1 aromatic heterocycles. The van der Waals surface area contributed by atoms with Gasteiger partial charge in [-0.1, -0.05) is 20.8 Å². The summed E-state index contributed by atoms with van der Waals surface area (Å²) < 4.78 is 5.05. The van der Waals surface area contributed by atoms with Crippen molar-refractivity contribution in [2.24, 2.45) is 11.3 Å². The Kier molecular flexibility index (Phi) is 2.00. The fourth-order valence-electron chi connectivity index (χ4n) is 2.87. The second-order valence-electron chi connectivity index (χ2n) is 5.38. The van der Waals surface area contributed by atoms with Gasteiger partial charge in [-0.25, -0.2) is 0 Å². The number of hydrogen-bond donors (Lipinski definition) is 1. The third-order valence-corrected chi connectivity index (χ3v) is 3.44. The van der Waals surface area contributed by atoms with Gasteiger partial charge < -0.3 is 9.52 Å². The molecule has 2 unspecified atom stereocenters. The minimum atomic E-state index is -0.684. The lowest BCUT2D eigenvalue weighted by Gasteiger charge is -2.27. The number of aliphatic hydroxyl groups is 1. The largest absolute Gasteiger partial charge is 0.472 e. The smallest absolute Gasteiger partial charge is 0.0963 e. The van der Waals surface area contributed by atoms with E-state index in [1.54, 1.807) is 12.5 Å². The van der Waals surface area contributed by atoms with Gasteiger partial charge in [0.25, 0.3) is 0 Å². The third kappa shape index (κ3) is 1.38. The number of rotatable bonds is 1. The summed E-state index contributed by atoms with van der Waals surface area (Å²) in [4.78, 5) is 0. The molecular weight excluding hydrogens is 176 g/mol. The molecule has 1 aliphatic carbocycles. The van der Waals surface area contributed by atoms with Gasteiger partial charge in [0.05, 0.1) is 18.1 Å². The van der Waals surface area contributed by atoms with Gasteiger partial charge in [-0.2, -0.15) is 0 Å². The van der Waals surface area contributed by atoms with E-state index in [1.165, 1.54) is 0 Å². The van der Waals surface area contributed by atoms with Crippen molar-refractivity contribution in [2.45, 2.75) is 39.2 Å². The van der Waals surface area contributed by atoms with Crippen molar-refractivity contribution < 1.29 is 9.52 Å². The summed E-state index contributed by atoms with van der Waals surface area (Å²) in [5.74, 6) is 0.301. The SMILES string of the molecule is CC1CC(C)(C)CC1(O)c1ccoc1. The van der Waals surface area contributed by atoms with Crippen LogP contribution in [0.2, 0.25) is 0 Å². The van der Waals surface area contributed by atoms with Gasteiger partial charge in [0.15, 0.2) is 0 Å². The van der Waals surface area contributed by atoms with Crippen LogP contribution in [0.1, 0.15) is 39.2 Å². The fraction of sp³-hybridized carbons (Fsp3) is 0.667. The number of furan rings is 1. The highest BCUT2D eigenvalue weighted by molar-refractivity contribution is 5.20. The molecule has 0 aromatic carbocycles. The predicted octanol–water partition coefficient (Wildman–Crippen LogP) is 2.92. The molecule has 1 aromatic rings. The van der Waals surface area contributed by atoms with E-state index in [4.69, 9.17) is 4.42 Å². The van der Waals surface area contributed by atoms with E-state index in [-0.39, 0.29) is 5.41 Å². The Morgan fingerprint density at radius 2 is 2.21 bits per heavy atom. The summed E-state index contributed by atoms with van der Waals surface area (Å²) in [6, 6.07) is 1.87. The molecule has 0 radical (unpaired) electrons. The van der Waals surface area contributed by atoms with Crippen molar-refractivity contribution in [3.63, 3.8) is 0 Å². The minimum Gasteiger partial charge on any atom is -0.472 e. The van der Waals surface area contributed by atoms with Gasteiger partial charge in [-0.05, 0) is 30.2 Å². The van der Waals surface area contributed by atoms with Crippen LogP contribution < -0.4 is 0 Å². The van der Waals surface area contributed by atoms with E-state index in [0.717, 1.165) is 18.4 Å². The molecular formula is C12H18O2. The molecule has 2 heteroatoms. The monoisotopic (exact) mass is 194 g/mol. The second-order valence-corrected chi connectivity index (χ2v) is 5.38. The molecule has 2 atom stereocenters. The lowest BCUT2D eigenvalue weighted by molar-refractivity contribution is -0.00134. The first kappa shape index (κ1) is 9.78. The molecule has 0 saturated heterocycles. The molecule has 14 heavy (non-hydrogen) atoms. The van der Waals surface area contributed by atoms with E-state index >= 15 is 0 Å². The molecule has 0 amide bonds. The maximum absolute atomic E-state index is 10.6. The average Bonchev–Trinajstić information content (AvgIpc) is 2.58. The van der Waals surface area contributed by atoms with E-state index in [2.05, 4.69) is 20.8 Å². The second kappa shape index (κ2) is 2.86. The Balaban J connectivity index is 2.34. The van der Waals surface area contributed by atoms with Crippen LogP contribution in [0.15, 0.2) is 23.0 Å². The quantitative estimate of drug-likeness (QED) is 0.745. The van der Waals surface area contributed by atoms with Crippen molar-refractivity contribution >= 4 is 0 Å². The van der Waals surface area contributed by atoms with Crippen LogP contribution in [0.5, 0.6) is 0 Å². The van der Waals surface area contributed by atoms with Gasteiger partial charge in [-0.15, -0.1) is 0 Å². The molecule has 1 aliphatic rings. The van der Waals surface area contributed by atoms with Gasteiger partial charge >= 0.3 is 0 Å². The molecule has 2 nitrogen and oxygen atoms in total. The van der Waals surface area contributed by atoms with E-state index in [1.807, 2.05) is 6.07 Å². The van der Waals surface area contributed by atoms with Crippen LogP contribution in [-0.2, 0) is 5.60 Å². The van der Waals surface area contributed by atoms with Crippen LogP contribution in [0.4, 0.5) is 0 Å². The van der Waals surface area contributed by atoms with E-state index in [9.17, 15) is 5.11 Å². The van der Waals surface area contributed by atoms with Crippen LogP contribution in [-0.4, -0.2) is 5.11 Å². The summed E-state index contributed by atoms with van der Waals surface area (Å²) in [5, 5.41) is 10.6. The predicted molar refractivity (Wildman–Crippen MR) is 54.8 cm³/mol. The summed E-state index contributed by atoms with van der Waals surface area (Å²) in [5.41, 5.74) is 0.470. The number of hydrogen-bond acceptors (Lipinski definition) is 2. The van der Waals surface area contributed by atoms with Crippen molar-refractivity contribution in [3.8, 4) is 0 Å². The molecule has 0 spiro atoms. The van der Waals surface area contributed by atoms with Crippen LogP contribution >= 0.6 is 0 Å². The zero-order valence-corrected chi connectivity index (χ0v) is 9.08. The maximum atomic E-state index is 10.6. The third-order valence-electron chi connectivity index (χ3n) is 3.44. The van der Waals surface area contributed by atoms with Crippen LogP contribution in [0.25, 0.3) is 0 Å². The minimum absolute atomic E-state index is 0.228. The zero-order chi connectivity index (χ0) is 10.4. The first-order valence-corrected chi connectivity index (χ1v) is 5.19. The van der Waals surface area contributed by atoms with Gasteiger partial charge in [0, 0.05) is 5.56 Å². The Morgan fingerprint density at radius 1 is 1.50 bits per heavy atom. The summed E-state index contributed by atoms with van der Waals surface area (Å²) in [6.45, 7) is 6.53. The van der Waals surface area contributed by atoms with Crippen molar-refractivity contribution in [1.82, 2.24) is 0 Å². The van der Waals surface area contributed by atoms with Gasteiger partial charge in [-0.3, -0.25) is 0 Å². The molecule has 0 bridgehead atoms. The first-order chi connectivity index (χ1) is 6.44. The van der Waals surface area contributed by atoms with Crippen molar-refractivity contribution in [2.75, 3.05) is 0 Å². The highest BCUT2D eigenvalue weighted by Gasteiger charge is 2.48. The molecule has 78 valence electrons. The Hall–Kier alpha value is -0.760. The summed E-state index contributed by atoms with van der Waals surface area (Å²) in [6.07, 6.45) is 5.18. The van der Waals surface area contributed by atoms with E-state index < -0.39 is 5.60 Å². The van der Waals surface area contributed by atoms with Crippen LogP contribution in [0.3, 0.4) is 0 Å². The van der Waals surface area contributed by atoms with Crippen molar-refractivity contribution in [1.29, 1.82) is 0 Å². The standard InChI is InChI=1S/C12H18O2/c1-9-6-11(2,3)8-12(9,13)10-4-5-14-7-10/h4-5,7,9,13H,6,8H2,1-3H3. The highest BCUT2D eigenvalue weighted by atomic mass is 16.3. The van der Waals surface area contributed by atoms with Gasteiger partial charge in [0.2, 0.25) is 0 Å². The normalized spacial score (nSPS) is 36.1. The molecule has 1 N–H and O–H groups in total. The topological polar surface area (TPSA) is 33.4 Å². The maximum Gasteiger partial charge on any atom is 0.0963 e. The van der Waals surface area contributed by atoms with E-state index in [0.29, 0.717) is 5.92 Å². The molecule has 0 aliphatic heterocycles. The molecule has 1 heterocycles. The zero-order valence-electron chi connectivity index (χ0n) is 9.08. The molecule has 1 saturated carbocycles. The Bertz CT molecular complexity index is 313. The Labute approximate surface area is 84.9 Å². The van der Waals surface area contributed by atoms with Crippen LogP contribution in [0, 0.1) is 11.3 Å². The first-order valence-electron chi connectivity index (χ1n) is 5.19. The fourth-order valence-corrected chi connectivity index (χ4v) is 2.87. The highest BCUT2D eigenvalue weighted by Crippen LogP contribution is 2.52.